The number of amides is 1. The van der Waals surface area contributed by atoms with Crippen molar-refractivity contribution < 1.29 is 14.6 Å². The number of hydrogen-bond acceptors (Lipinski definition) is 4. The Morgan fingerprint density at radius 2 is 2.37 bits per heavy atom. The molecule has 0 spiro atoms. The Morgan fingerprint density at radius 1 is 1.53 bits per heavy atom. The number of methoxy groups -OCH3 is 1. The second kappa shape index (κ2) is 6.52. The molecule has 1 atom stereocenters. The minimum absolute atomic E-state index is 0.0722. The molecule has 104 valence electrons. The number of hydrogen-bond donors (Lipinski definition) is 1. The Bertz CT molecular complexity index is 434. The van der Waals surface area contributed by atoms with E-state index in [9.17, 15) is 4.79 Å². The van der Waals surface area contributed by atoms with E-state index in [1.807, 2.05) is 4.90 Å². The van der Waals surface area contributed by atoms with Crippen molar-refractivity contribution in [1.82, 2.24) is 9.88 Å². The van der Waals surface area contributed by atoms with Crippen LogP contribution in [0.5, 0.6) is 5.88 Å². The predicted molar refractivity (Wildman–Crippen MR) is 71.2 cm³/mol. The fourth-order valence-electron chi connectivity index (χ4n) is 2.51. The molecule has 0 bridgehead atoms. The van der Waals surface area contributed by atoms with Crippen LogP contribution in [0.2, 0.25) is 0 Å². The van der Waals surface area contributed by atoms with Gasteiger partial charge in [-0.1, -0.05) is 6.07 Å². The Balaban J connectivity index is 2.16. The lowest BCUT2D eigenvalue weighted by molar-refractivity contribution is 0.0568. The van der Waals surface area contributed by atoms with E-state index in [0.717, 1.165) is 25.8 Å². The molecule has 1 aliphatic rings. The lowest BCUT2D eigenvalue weighted by Gasteiger charge is -2.35. The molecule has 1 saturated heterocycles. The van der Waals surface area contributed by atoms with Crippen LogP contribution in [0.3, 0.4) is 0 Å². The van der Waals surface area contributed by atoms with Gasteiger partial charge in [0.05, 0.1) is 7.11 Å². The molecule has 0 aliphatic carbocycles. The van der Waals surface area contributed by atoms with E-state index in [1.165, 1.54) is 7.11 Å². The van der Waals surface area contributed by atoms with Gasteiger partial charge >= 0.3 is 0 Å². The highest BCUT2D eigenvalue weighted by atomic mass is 16.5. The molecule has 0 radical (unpaired) electrons. The molecule has 0 saturated carbocycles. The first-order valence-corrected chi connectivity index (χ1v) is 6.69. The SMILES string of the molecule is COc1cccc(C(=O)N2CCCCC2CCO)n1. The smallest absolute Gasteiger partial charge is 0.272 e. The largest absolute Gasteiger partial charge is 0.481 e. The number of likely N-dealkylation sites (tertiary alicyclic amines) is 1. The number of rotatable bonds is 4. The van der Waals surface area contributed by atoms with Crippen LogP contribution in [0.15, 0.2) is 18.2 Å². The molecule has 19 heavy (non-hydrogen) atoms. The summed E-state index contributed by atoms with van der Waals surface area (Å²) >= 11 is 0. The molecule has 0 aromatic carbocycles. The fraction of sp³-hybridized carbons (Fsp3) is 0.571. The first-order valence-electron chi connectivity index (χ1n) is 6.69. The van der Waals surface area contributed by atoms with Gasteiger partial charge in [-0.3, -0.25) is 4.79 Å². The highest BCUT2D eigenvalue weighted by molar-refractivity contribution is 5.92. The van der Waals surface area contributed by atoms with Gasteiger partial charge in [-0.2, -0.15) is 0 Å². The Labute approximate surface area is 113 Å². The number of piperidine rings is 1. The maximum Gasteiger partial charge on any atom is 0.272 e. The summed E-state index contributed by atoms with van der Waals surface area (Å²) in [7, 11) is 1.53. The monoisotopic (exact) mass is 264 g/mol. The van der Waals surface area contributed by atoms with E-state index in [2.05, 4.69) is 4.98 Å². The number of carbonyl (C=O) groups is 1. The van der Waals surface area contributed by atoms with Crippen LogP contribution in [0, 0.1) is 0 Å². The van der Waals surface area contributed by atoms with Crippen molar-refractivity contribution in [2.45, 2.75) is 31.7 Å². The number of aliphatic hydroxyl groups is 1. The average Bonchev–Trinajstić information content (AvgIpc) is 2.47. The van der Waals surface area contributed by atoms with Crippen LogP contribution in [0.1, 0.15) is 36.2 Å². The van der Waals surface area contributed by atoms with Crippen LogP contribution in [0.25, 0.3) is 0 Å². The second-order valence-corrected chi connectivity index (χ2v) is 4.73. The molecule has 2 rings (SSSR count). The molecule has 5 nitrogen and oxygen atoms in total. The molecule has 1 aromatic rings. The van der Waals surface area contributed by atoms with Crippen LogP contribution in [-0.2, 0) is 0 Å². The van der Waals surface area contributed by atoms with E-state index in [4.69, 9.17) is 9.84 Å². The van der Waals surface area contributed by atoms with E-state index in [1.54, 1.807) is 18.2 Å². The molecule has 1 fully saturated rings. The maximum absolute atomic E-state index is 12.5. The Hall–Kier alpha value is -1.62. The van der Waals surface area contributed by atoms with E-state index in [0.29, 0.717) is 18.0 Å². The van der Waals surface area contributed by atoms with Gasteiger partial charge in [0.25, 0.3) is 5.91 Å². The number of nitrogens with zero attached hydrogens (tertiary/aromatic N) is 2. The zero-order chi connectivity index (χ0) is 13.7. The topological polar surface area (TPSA) is 62.7 Å². The minimum atomic E-state index is -0.0722. The zero-order valence-corrected chi connectivity index (χ0v) is 11.2. The molecule has 1 aromatic heterocycles. The van der Waals surface area contributed by atoms with Gasteiger partial charge in [0, 0.05) is 25.3 Å². The number of ether oxygens (including phenoxy) is 1. The van der Waals surface area contributed by atoms with Gasteiger partial charge in [0.15, 0.2) is 0 Å². The van der Waals surface area contributed by atoms with Crippen molar-refractivity contribution in [3.05, 3.63) is 23.9 Å². The van der Waals surface area contributed by atoms with Crippen molar-refractivity contribution in [3.63, 3.8) is 0 Å². The van der Waals surface area contributed by atoms with Crippen LogP contribution >= 0.6 is 0 Å². The third kappa shape index (κ3) is 3.23. The zero-order valence-electron chi connectivity index (χ0n) is 11.2. The maximum atomic E-state index is 12.5. The standard InChI is InChI=1S/C14H20N2O3/c1-19-13-7-4-6-12(15-13)14(18)16-9-3-2-5-11(16)8-10-17/h4,6-7,11,17H,2-3,5,8-10H2,1H3. The Kier molecular flexibility index (Phi) is 4.74. The summed E-state index contributed by atoms with van der Waals surface area (Å²) in [6.45, 7) is 0.850. The molecule has 5 heteroatoms. The highest BCUT2D eigenvalue weighted by Gasteiger charge is 2.27. The highest BCUT2D eigenvalue weighted by Crippen LogP contribution is 2.21. The Morgan fingerprint density at radius 3 is 3.11 bits per heavy atom. The summed E-state index contributed by atoms with van der Waals surface area (Å²) in [4.78, 5) is 18.5. The van der Waals surface area contributed by atoms with Crippen LogP contribution in [-0.4, -0.2) is 47.2 Å². The summed E-state index contributed by atoms with van der Waals surface area (Å²) in [6, 6.07) is 5.32. The first-order chi connectivity index (χ1) is 9.26. The fourth-order valence-corrected chi connectivity index (χ4v) is 2.51. The van der Waals surface area contributed by atoms with Crippen molar-refractivity contribution in [1.29, 1.82) is 0 Å². The average molecular weight is 264 g/mol. The van der Waals surface area contributed by atoms with Crippen molar-refractivity contribution >= 4 is 5.91 Å². The van der Waals surface area contributed by atoms with Gasteiger partial charge < -0.3 is 14.7 Å². The third-order valence-corrected chi connectivity index (χ3v) is 3.50. The van der Waals surface area contributed by atoms with E-state index in [-0.39, 0.29) is 18.6 Å². The molecule has 1 N–H and O–H groups in total. The quantitative estimate of drug-likeness (QED) is 0.894. The normalized spacial score (nSPS) is 19.3. The van der Waals surface area contributed by atoms with Gasteiger partial charge in [-0.05, 0) is 31.7 Å². The molecular weight excluding hydrogens is 244 g/mol. The summed E-state index contributed by atoms with van der Waals surface area (Å²) in [5.74, 6) is 0.374. The van der Waals surface area contributed by atoms with Crippen LogP contribution < -0.4 is 4.74 Å². The number of pyridine rings is 1. The van der Waals surface area contributed by atoms with Crippen LogP contribution in [0.4, 0.5) is 0 Å². The third-order valence-electron chi connectivity index (χ3n) is 3.50. The first kappa shape index (κ1) is 13.8. The van der Waals surface area contributed by atoms with Gasteiger partial charge in [-0.25, -0.2) is 4.98 Å². The lowest BCUT2D eigenvalue weighted by atomic mass is 9.99. The summed E-state index contributed by atoms with van der Waals surface area (Å²) in [6.07, 6.45) is 3.71. The molecule has 1 amide bonds. The minimum Gasteiger partial charge on any atom is -0.481 e. The van der Waals surface area contributed by atoms with Gasteiger partial charge in [0.2, 0.25) is 5.88 Å². The molecule has 1 aliphatic heterocycles. The van der Waals surface area contributed by atoms with Crippen molar-refractivity contribution in [2.24, 2.45) is 0 Å². The summed E-state index contributed by atoms with van der Waals surface area (Å²) < 4.78 is 5.04. The van der Waals surface area contributed by atoms with E-state index < -0.39 is 0 Å². The summed E-state index contributed by atoms with van der Waals surface area (Å²) in [5.41, 5.74) is 0.407. The van der Waals surface area contributed by atoms with E-state index >= 15 is 0 Å². The van der Waals surface area contributed by atoms with Crippen molar-refractivity contribution in [2.75, 3.05) is 20.3 Å². The lowest BCUT2D eigenvalue weighted by Crippen LogP contribution is -2.44. The molecular formula is C14H20N2O3. The summed E-state index contributed by atoms with van der Waals surface area (Å²) in [5, 5.41) is 9.10. The molecule has 2 heterocycles. The number of aromatic nitrogens is 1. The second-order valence-electron chi connectivity index (χ2n) is 4.73. The number of carbonyl (C=O) groups excluding carboxylic acids is 1. The molecule has 1 unspecified atom stereocenters. The van der Waals surface area contributed by atoms with Crippen molar-refractivity contribution in [3.8, 4) is 5.88 Å². The number of aliphatic hydroxyl groups excluding tert-OH is 1. The van der Waals surface area contributed by atoms with Gasteiger partial charge in [0.1, 0.15) is 5.69 Å². The predicted octanol–water partition coefficient (Wildman–Crippen LogP) is 1.47. The van der Waals surface area contributed by atoms with Gasteiger partial charge in [-0.15, -0.1) is 0 Å².